The Kier molecular flexibility index (Phi) is 5.61. The van der Waals surface area contributed by atoms with Crippen molar-refractivity contribution in [3.63, 3.8) is 0 Å². The van der Waals surface area contributed by atoms with Crippen LogP contribution in [0.3, 0.4) is 0 Å². The van der Waals surface area contributed by atoms with E-state index in [1.165, 1.54) is 4.88 Å². The lowest BCUT2D eigenvalue weighted by Crippen LogP contribution is -2.49. The van der Waals surface area contributed by atoms with Crippen molar-refractivity contribution in [2.24, 2.45) is 0 Å². The number of para-hydroxylation sites is 2. The van der Waals surface area contributed by atoms with E-state index in [4.69, 9.17) is 0 Å². The zero-order chi connectivity index (χ0) is 23.8. The number of aromatic nitrogens is 5. The molecule has 0 atom stereocenters. The summed E-state index contributed by atoms with van der Waals surface area (Å²) < 4.78 is 1.82. The summed E-state index contributed by atoms with van der Waals surface area (Å²) in [6, 6.07) is 18.0. The molecule has 2 aromatic carbocycles. The average Bonchev–Trinajstić information content (AvgIpc) is 3.53. The third-order valence-electron chi connectivity index (χ3n) is 6.55. The number of thiophene rings is 1. The van der Waals surface area contributed by atoms with Gasteiger partial charge in [0.2, 0.25) is 5.91 Å². The van der Waals surface area contributed by atoms with Crippen LogP contribution in [0.2, 0.25) is 0 Å². The highest BCUT2D eigenvalue weighted by Crippen LogP contribution is 2.31. The molecule has 0 spiro atoms. The molecular weight excluding hydrogens is 458 g/mol. The lowest BCUT2D eigenvalue weighted by molar-refractivity contribution is -0.130. The molecule has 1 aliphatic heterocycles. The Balaban J connectivity index is 1.18. The highest BCUT2D eigenvalue weighted by Gasteiger charge is 2.24. The van der Waals surface area contributed by atoms with Gasteiger partial charge < -0.3 is 9.80 Å². The van der Waals surface area contributed by atoms with E-state index in [0.29, 0.717) is 19.5 Å². The monoisotopic (exact) mass is 483 g/mol. The van der Waals surface area contributed by atoms with Gasteiger partial charge >= 0.3 is 0 Å². The normalized spacial score (nSPS) is 14.2. The van der Waals surface area contributed by atoms with Crippen molar-refractivity contribution in [1.29, 1.82) is 0 Å². The van der Waals surface area contributed by atoms with Crippen LogP contribution in [0.1, 0.15) is 17.4 Å². The van der Waals surface area contributed by atoms with Crippen LogP contribution in [-0.4, -0.2) is 61.9 Å². The van der Waals surface area contributed by atoms with Crippen LogP contribution in [-0.2, 0) is 17.6 Å². The molecule has 0 bridgehead atoms. The van der Waals surface area contributed by atoms with Crippen molar-refractivity contribution >= 4 is 44.3 Å². The molecule has 0 saturated carbocycles. The Hall–Kier alpha value is -3.85. The van der Waals surface area contributed by atoms with Gasteiger partial charge in [0.15, 0.2) is 0 Å². The molecule has 8 nitrogen and oxygen atoms in total. The Morgan fingerprint density at radius 3 is 2.66 bits per heavy atom. The molecule has 1 saturated heterocycles. The number of carbonyl (C=O) groups is 1. The second-order valence-electron chi connectivity index (χ2n) is 8.65. The first-order chi connectivity index (χ1) is 17.2. The number of hydrogen-bond acceptors (Lipinski definition) is 7. The predicted molar refractivity (Wildman–Crippen MR) is 138 cm³/mol. The molecule has 0 unspecified atom stereocenters. The van der Waals surface area contributed by atoms with Crippen LogP contribution in [0.25, 0.3) is 26.9 Å². The van der Waals surface area contributed by atoms with Crippen molar-refractivity contribution in [3.8, 4) is 5.69 Å². The zero-order valence-electron chi connectivity index (χ0n) is 19.5. The van der Waals surface area contributed by atoms with Gasteiger partial charge in [-0.1, -0.05) is 42.5 Å². The van der Waals surface area contributed by atoms with Crippen LogP contribution in [0.4, 0.5) is 5.82 Å². The molecule has 1 amide bonds. The van der Waals surface area contributed by atoms with Gasteiger partial charge in [-0.25, -0.2) is 14.6 Å². The number of hydrogen-bond donors (Lipinski definition) is 0. The molecule has 9 heteroatoms. The summed E-state index contributed by atoms with van der Waals surface area (Å²) in [5.41, 5.74) is 3.59. The number of benzene rings is 2. The number of amides is 1. The van der Waals surface area contributed by atoms with Crippen LogP contribution >= 0.6 is 11.3 Å². The highest BCUT2D eigenvalue weighted by molar-refractivity contribution is 7.18. The molecule has 176 valence electrons. The topological polar surface area (TPSA) is 80.0 Å². The van der Waals surface area contributed by atoms with E-state index in [1.54, 1.807) is 17.7 Å². The Morgan fingerprint density at radius 2 is 1.80 bits per heavy atom. The van der Waals surface area contributed by atoms with Gasteiger partial charge in [-0.15, -0.1) is 16.4 Å². The van der Waals surface area contributed by atoms with Gasteiger partial charge in [-0.05, 0) is 36.2 Å². The molecule has 35 heavy (non-hydrogen) atoms. The molecular formula is C26H25N7OS. The summed E-state index contributed by atoms with van der Waals surface area (Å²) in [5.74, 6) is 1.10. The minimum absolute atomic E-state index is 0.123. The van der Waals surface area contributed by atoms with E-state index >= 15 is 0 Å². The second-order valence-corrected chi connectivity index (χ2v) is 9.76. The van der Waals surface area contributed by atoms with Crippen molar-refractivity contribution in [3.05, 3.63) is 71.4 Å². The van der Waals surface area contributed by atoms with Crippen LogP contribution < -0.4 is 4.90 Å². The molecule has 1 aliphatic rings. The molecule has 1 fully saturated rings. The number of piperazine rings is 1. The van der Waals surface area contributed by atoms with E-state index in [-0.39, 0.29) is 5.91 Å². The predicted octanol–water partition coefficient (Wildman–Crippen LogP) is 3.88. The minimum atomic E-state index is 0.123. The van der Waals surface area contributed by atoms with E-state index in [0.717, 1.165) is 57.8 Å². The first-order valence-corrected chi connectivity index (χ1v) is 12.7. The highest BCUT2D eigenvalue weighted by atomic mass is 32.1. The quantitative estimate of drug-likeness (QED) is 0.378. The fourth-order valence-electron chi connectivity index (χ4n) is 4.68. The molecule has 0 N–H and O–H groups in total. The second kappa shape index (κ2) is 9.07. The summed E-state index contributed by atoms with van der Waals surface area (Å²) in [4.78, 5) is 28.9. The summed E-state index contributed by atoms with van der Waals surface area (Å²) >= 11 is 1.73. The Labute approximate surface area is 206 Å². The van der Waals surface area contributed by atoms with Gasteiger partial charge in [-0.3, -0.25) is 4.79 Å². The van der Waals surface area contributed by atoms with Gasteiger partial charge in [0, 0.05) is 31.1 Å². The molecule has 3 aromatic heterocycles. The fraction of sp³-hybridized carbons (Fsp3) is 0.269. The zero-order valence-corrected chi connectivity index (χ0v) is 20.3. The summed E-state index contributed by atoms with van der Waals surface area (Å²) in [6.45, 7) is 5.01. The maximum Gasteiger partial charge on any atom is 0.227 e. The number of nitrogens with zero attached hydrogens (tertiary/aromatic N) is 7. The van der Waals surface area contributed by atoms with E-state index < -0.39 is 0 Å². The number of rotatable bonds is 5. The first kappa shape index (κ1) is 21.7. The average molecular weight is 484 g/mol. The van der Waals surface area contributed by atoms with Crippen molar-refractivity contribution < 1.29 is 4.79 Å². The third kappa shape index (κ3) is 4.01. The molecule has 5 aromatic rings. The molecule has 6 rings (SSSR count). The van der Waals surface area contributed by atoms with Gasteiger partial charge in [0.25, 0.3) is 0 Å². The smallest absolute Gasteiger partial charge is 0.227 e. The van der Waals surface area contributed by atoms with Gasteiger partial charge in [-0.2, -0.15) is 0 Å². The van der Waals surface area contributed by atoms with Crippen molar-refractivity contribution in [2.45, 2.75) is 19.8 Å². The Bertz CT molecular complexity index is 1520. The number of carbonyl (C=O) groups excluding carboxylic acids is 1. The lowest BCUT2D eigenvalue weighted by Gasteiger charge is -2.35. The van der Waals surface area contributed by atoms with Crippen molar-refractivity contribution in [1.82, 2.24) is 29.9 Å². The minimum Gasteiger partial charge on any atom is -0.352 e. The molecule has 4 heterocycles. The maximum absolute atomic E-state index is 13.3. The van der Waals surface area contributed by atoms with Crippen LogP contribution in [0.15, 0.2) is 60.9 Å². The SMILES string of the molecule is CCc1cc2c(N3CCN(C(=O)Cc4ccccc4-n4nnc5ccccc54)CC3)ncnc2s1. The summed E-state index contributed by atoms with van der Waals surface area (Å²) in [5, 5.41) is 9.73. The third-order valence-corrected chi connectivity index (χ3v) is 7.74. The largest absolute Gasteiger partial charge is 0.352 e. The number of aryl methyl sites for hydroxylation is 1. The Morgan fingerprint density at radius 1 is 1.00 bits per heavy atom. The lowest BCUT2D eigenvalue weighted by atomic mass is 10.1. The standard InChI is InChI=1S/C26H25N7OS/c1-2-19-16-20-25(27-17-28-26(20)35-19)32-13-11-31(12-14-32)24(34)15-18-7-3-5-9-22(18)33-23-10-6-4-8-21(23)29-30-33/h3-10,16-17H,2,11-15H2,1H3. The van der Waals surface area contributed by atoms with Gasteiger partial charge in [0.05, 0.1) is 23.0 Å². The van der Waals surface area contributed by atoms with Crippen molar-refractivity contribution in [2.75, 3.05) is 31.1 Å². The van der Waals surface area contributed by atoms with E-state index in [9.17, 15) is 4.79 Å². The maximum atomic E-state index is 13.3. The first-order valence-electron chi connectivity index (χ1n) is 11.9. The van der Waals surface area contributed by atoms with E-state index in [1.807, 2.05) is 58.1 Å². The van der Waals surface area contributed by atoms with Crippen LogP contribution in [0.5, 0.6) is 0 Å². The number of anilines is 1. The van der Waals surface area contributed by atoms with Gasteiger partial charge in [0.1, 0.15) is 22.5 Å². The summed E-state index contributed by atoms with van der Waals surface area (Å²) in [7, 11) is 0. The molecule has 0 radical (unpaired) electrons. The van der Waals surface area contributed by atoms with Crippen LogP contribution in [0, 0.1) is 0 Å². The fourth-order valence-corrected chi connectivity index (χ4v) is 5.60. The number of fused-ring (bicyclic) bond motifs is 2. The van der Waals surface area contributed by atoms with E-state index in [2.05, 4.69) is 38.2 Å². The molecule has 0 aliphatic carbocycles. The summed E-state index contributed by atoms with van der Waals surface area (Å²) in [6.07, 6.45) is 2.97.